The van der Waals surface area contributed by atoms with E-state index in [0.29, 0.717) is 5.92 Å². The van der Waals surface area contributed by atoms with Crippen LogP contribution in [0.25, 0.3) is 0 Å². The number of benzene rings is 1. The van der Waals surface area contributed by atoms with Crippen LogP contribution in [0.3, 0.4) is 0 Å². The summed E-state index contributed by atoms with van der Waals surface area (Å²) in [5.41, 5.74) is 6.65. The molecule has 1 atom stereocenters. The van der Waals surface area contributed by atoms with Crippen molar-refractivity contribution in [3.63, 3.8) is 0 Å². The molecule has 0 aromatic heterocycles. The van der Waals surface area contributed by atoms with Gasteiger partial charge in [0.05, 0.1) is 5.71 Å². The van der Waals surface area contributed by atoms with E-state index in [1.165, 1.54) is 5.56 Å². The third-order valence-electron chi connectivity index (χ3n) is 3.28. The largest absolute Gasteiger partial charge is 0.309 e. The van der Waals surface area contributed by atoms with Crippen molar-refractivity contribution in [1.29, 1.82) is 0 Å². The molecule has 1 unspecified atom stereocenters. The molecule has 0 aliphatic carbocycles. The molecule has 2 nitrogen and oxygen atoms in total. The summed E-state index contributed by atoms with van der Waals surface area (Å²) in [5, 5.41) is 5.29. The summed E-state index contributed by atoms with van der Waals surface area (Å²) in [6.07, 6.45) is 4.87. The van der Waals surface area contributed by atoms with E-state index in [-0.39, 0.29) is 0 Å². The Morgan fingerprint density at radius 1 is 1.37 bits per heavy atom. The van der Waals surface area contributed by atoms with Gasteiger partial charge in [0.2, 0.25) is 0 Å². The molecule has 0 spiro atoms. The summed E-state index contributed by atoms with van der Waals surface area (Å²) in [6.45, 7) is 4.98. The van der Waals surface area contributed by atoms with Gasteiger partial charge in [0, 0.05) is 17.5 Å². The minimum absolute atomic E-state index is 0.325. The topological polar surface area (TPSA) is 24.4 Å². The van der Waals surface area contributed by atoms with Crippen LogP contribution in [0.2, 0.25) is 0 Å². The lowest BCUT2D eigenvalue weighted by Crippen LogP contribution is -2.14. The number of nitrogens with zero attached hydrogens (tertiary/aromatic N) is 1. The average Bonchev–Trinajstić information content (AvgIpc) is 2.94. The molecule has 0 amide bonds. The number of allylic oxidation sites excluding steroid dienone is 4. The normalized spacial score (nSPS) is 20.2. The molecule has 0 fully saturated rings. The first-order chi connectivity index (χ1) is 9.22. The zero-order chi connectivity index (χ0) is 13.7. The highest BCUT2D eigenvalue weighted by Gasteiger charge is 2.23. The molecule has 3 heteroatoms. The molecule has 1 heterocycles. The summed E-state index contributed by atoms with van der Waals surface area (Å²) < 4.78 is 0. The SMILES string of the molecule is CC/C(Cl)=C\C=C(/C)C1=NNCC1c1ccccc1. The standard InChI is InChI=1S/C16H19ClN2/c1-3-14(17)10-9-12(2)16-15(11-18-19-16)13-7-5-4-6-8-13/h4-10,15,18H,3,11H2,1-2H3/b12-9+,14-10+. The number of hydrazone groups is 1. The molecule has 0 bridgehead atoms. The van der Waals surface area contributed by atoms with Gasteiger partial charge in [-0.3, -0.25) is 0 Å². The Labute approximate surface area is 119 Å². The smallest absolute Gasteiger partial charge is 0.0725 e. The van der Waals surface area contributed by atoms with Gasteiger partial charge in [-0.05, 0) is 30.6 Å². The number of hydrogen-bond acceptors (Lipinski definition) is 2. The number of halogens is 1. The number of rotatable bonds is 4. The highest BCUT2D eigenvalue weighted by Crippen LogP contribution is 2.24. The van der Waals surface area contributed by atoms with E-state index in [4.69, 9.17) is 11.6 Å². The molecule has 1 N–H and O–H groups in total. The van der Waals surface area contributed by atoms with E-state index < -0.39 is 0 Å². The molecule has 1 aromatic carbocycles. The monoisotopic (exact) mass is 274 g/mol. The second-order valence-electron chi connectivity index (χ2n) is 4.64. The maximum absolute atomic E-state index is 6.03. The predicted molar refractivity (Wildman–Crippen MR) is 82.6 cm³/mol. The van der Waals surface area contributed by atoms with Gasteiger partial charge in [0.25, 0.3) is 0 Å². The van der Waals surface area contributed by atoms with Crippen LogP contribution in [0.15, 0.2) is 58.2 Å². The number of hydrogen-bond donors (Lipinski definition) is 1. The molecule has 0 radical (unpaired) electrons. The van der Waals surface area contributed by atoms with Crippen LogP contribution >= 0.6 is 11.6 Å². The molecule has 1 aromatic rings. The summed E-state index contributed by atoms with van der Waals surface area (Å²) in [4.78, 5) is 0. The summed E-state index contributed by atoms with van der Waals surface area (Å²) in [5.74, 6) is 0.325. The van der Waals surface area contributed by atoms with Crippen molar-refractivity contribution in [3.05, 3.63) is 58.7 Å². The maximum atomic E-state index is 6.03. The minimum Gasteiger partial charge on any atom is -0.309 e. The minimum atomic E-state index is 0.325. The Morgan fingerprint density at radius 2 is 2.11 bits per heavy atom. The third-order valence-corrected chi connectivity index (χ3v) is 3.68. The van der Waals surface area contributed by atoms with Crippen molar-refractivity contribution in [1.82, 2.24) is 5.43 Å². The summed E-state index contributed by atoms with van der Waals surface area (Å²) in [6, 6.07) is 10.5. The van der Waals surface area contributed by atoms with Crippen molar-refractivity contribution in [2.45, 2.75) is 26.2 Å². The van der Waals surface area contributed by atoms with Gasteiger partial charge in [-0.1, -0.05) is 54.9 Å². The quantitative estimate of drug-likeness (QED) is 0.817. The van der Waals surface area contributed by atoms with Gasteiger partial charge in [-0.25, -0.2) is 0 Å². The van der Waals surface area contributed by atoms with Crippen LogP contribution in [0.4, 0.5) is 0 Å². The van der Waals surface area contributed by atoms with E-state index in [2.05, 4.69) is 41.7 Å². The van der Waals surface area contributed by atoms with Crippen molar-refractivity contribution in [3.8, 4) is 0 Å². The highest BCUT2D eigenvalue weighted by atomic mass is 35.5. The first kappa shape index (κ1) is 13.9. The lowest BCUT2D eigenvalue weighted by molar-refractivity contribution is 0.763. The van der Waals surface area contributed by atoms with Crippen molar-refractivity contribution < 1.29 is 0 Å². The zero-order valence-corrected chi connectivity index (χ0v) is 12.1. The van der Waals surface area contributed by atoms with E-state index in [1.807, 2.05) is 25.1 Å². The number of nitrogens with one attached hydrogen (secondary N) is 1. The average molecular weight is 275 g/mol. The summed E-state index contributed by atoms with van der Waals surface area (Å²) in [7, 11) is 0. The fourth-order valence-corrected chi connectivity index (χ4v) is 2.20. The maximum Gasteiger partial charge on any atom is 0.0725 e. The predicted octanol–water partition coefficient (Wildman–Crippen LogP) is 4.21. The Bertz CT molecular complexity index is 515. The first-order valence-corrected chi connectivity index (χ1v) is 6.99. The van der Waals surface area contributed by atoms with Crippen LogP contribution in [0.1, 0.15) is 31.7 Å². The molecule has 0 saturated carbocycles. The third kappa shape index (κ3) is 3.48. The highest BCUT2D eigenvalue weighted by molar-refractivity contribution is 6.29. The van der Waals surface area contributed by atoms with E-state index >= 15 is 0 Å². The fourth-order valence-electron chi connectivity index (χ4n) is 2.14. The van der Waals surface area contributed by atoms with Gasteiger partial charge in [-0.15, -0.1) is 0 Å². The van der Waals surface area contributed by atoms with Gasteiger partial charge in [0.1, 0.15) is 0 Å². The Hall–Kier alpha value is -1.54. The van der Waals surface area contributed by atoms with Gasteiger partial charge >= 0.3 is 0 Å². The Morgan fingerprint density at radius 3 is 2.79 bits per heavy atom. The van der Waals surface area contributed by atoms with Crippen molar-refractivity contribution in [2.75, 3.05) is 6.54 Å². The Kier molecular flexibility index (Phi) is 4.80. The summed E-state index contributed by atoms with van der Waals surface area (Å²) >= 11 is 6.03. The van der Waals surface area contributed by atoms with Crippen LogP contribution in [-0.4, -0.2) is 12.3 Å². The van der Waals surface area contributed by atoms with E-state index in [1.54, 1.807) is 0 Å². The molecule has 100 valence electrons. The molecule has 1 aliphatic rings. The van der Waals surface area contributed by atoms with E-state index in [9.17, 15) is 0 Å². The second-order valence-corrected chi connectivity index (χ2v) is 5.12. The van der Waals surface area contributed by atoms with Crippen LogP contribution in [0, 0.1) is 0 Å². The lowest BCUT2D eigenvalue weighted by atomic mass is 9.91. The molecular formula is C16H19ClN2. The molecule has 2 rings (SSSR count). The van der Waals surface area contributed by atoms with E-state index in [0.717, 1.165) is 29.3 Å². The van der Waals surface area contributed by atoms with Crippen LogP contribution in [-0.2, 0) is 0 Å². The zero-order valence-electron chi connectivity index (χ0n) is 11.4. The first-order valence-electron chi connectivity index (χ1n) is 6.61. The van der Waals surface area contributed by atoms with Gasteiger partial charge in [-0.2, -0.15) is 5.10 Å². The van der Waals surface area contributed by atoms with Gasteiger partial charge < -0.3 is 5.43 Å². The van der Waals surface area contributed by atoms with Crippen LogP contribution in [0.5, 0.6) is 0 Å². The van der Waals surface area contributed by atoms with Crippen molar-refractivity contribution in [2.24, 2.45) is 5.10 Å². The second kappa shape index (κ2) is 6.58. The fraction of sp³-hybridized carbons (Fsp3) is 0.312. The Balaban J connectivity index is 2.20. The lowest BCUT2D eigenvalue weighted by Gasteiger charge is -2.12. The molecule has 1 aliphatic heterocycles. The van der Waals surface area contributed by atoms with Gasteiger partial charge in [0.15, 0.2) is 0 Å². The molecule has 0 saturated heterocycles. The molecular weight excluding hydrogens is 256 g/mol. The molecule has 19 heavy (non-hydrogen) atoms. The van der Waals surface area contributed by atoms with Crippen LogP contribution < -0.4 is 5.43 Å². The van der Waals surface area contributed by atoms with Crippen molar-refractivity contribution >= 4 is 17.3 Å².